The highest BCUT2D eigenvalue weighted by molar-refractivity contribution is 5.93. The number of aryl methyl sites for hydroxylation is 1. The van der Waals surface area contributed by atoms with Crippen molar-refractivity contribution in [1.82, 2.24) is 5.32 Å². The number of carbonyl (C=O) groups excluding carboxylic acids is 2. The summed E-state index contributed by atoms with van der Waals surface area (Å²) in [5.41, 5.74) is 4.10. The average molecular weight is 352 g/mol. The molecule has 138 valence electrons. The molecule has 0 heterocycles. The molecule has 0 radical (unpaired) electrons. The molecule has 0 fully saturated rings. The van der Waals surface area contributed by atoms with Gasteiger partial charge >= 0.3 is 0 Å². The Morgan fingerprint density at radius 3 is 2.12 bits per heavy atom. The highest BCUT2D eigenvalue weighted by Crippen LogP contribution is 2.20. The van der Waals surface area contributed by atoms with Gasteiger partial charge in [0.1, 0.15) is 0 Å². The van der Waals surface area contributed by atoms with Crippen molar-refractivity contribution < 1.29 is 9.59 Å². The minimum absolute atomic E-state index is 0.0285. The van der Waals surface area contributed by atoms with Crippen LogP contribution in [0, 0.1) is 6.92 Å². The Bertz CT molecular complexity index is 721. The van der Waals surface area contributed by atoms with Crippen molar-refractivity contribution in [2.45, 2.75) is 46.6 Å². The average Bonchev–Trinajstić information content (AvgIpc) is 2.66. The van der Waals surface area contributed by atoms with Crippen molar-refractivity contribution in [1.29, 1.82) is 0 Å². The van der Waals surface area contributed by atoms with Gasteiger partial charge in [-0.3, -0.25) is 9.59 Å². The molecule has 2 rings (SSSR count). The van der Waals surface area contributed by atoms with Crippen LogP contribution in [0.15, 0.2) is 48.5 Å². The third kappa shape index (κ3) is 5.73. The fourth-order valence-corrected chi connectivity index (χ4v) is 2.70. The molecule has 2 amide bonds. The number of benzene rings is 2. The normalized spacial score (nSPS) is 10.4. The Balaban J connectivity index is 2.11. The Morgan fingerprint density at radius 2 is 1.54 bits per heavy atom. The monoisotopic (exact) mass is 352 g/mol. The SMILES string of the molecule is CCCNC(=O)Cc1ccc(N(Cc2ccc(C)cc2)C(=O)CC)cc1. The standard InChI is InChI=1S/C22H28N2O2/c1-4-14-23-21(25)15-18-10-12-20(13-11-18)24(22(26)5-2)16-19-8-6-17(3)7-9-19/h6-13H,4-5,14-16H2,1-3H3,(H,23,25). The molecule has 0 aliphatic heterocycles. The molecule has 0 aliphatic rings. The van der Waals surface area contributed by atoms with Crippen LogP contribution in [0.1, 0.15) is 43.4 Å². The van der Waals surface area contributed by atoms with Crippen LogP contribution in [0.2, 0.25) is 0 Å². The molecule has 0 spiro atoms. The van der Waals surface area contributed by atoms with Crippen LogP contribution < -0.4 is 10.2 Å². The minimum atomic E-state index is 0.0285. The van der Waals surface area contributed by atoms with Crippen LogP contribution in [-0.2, 0) is 22.6 Å². The van der Waals surface area contributed by atoms with Gasteiger partial charge in [-0.2, -0.15) is 0 Å². The number of hydrogen-bond donors (Lipinski definition) is 1. The van der Waals surface area contributed by atoms with E-state index in [9.17, 15) is 9.59 Å². The van der Waals surface area contributed by atoms with Crippen molar-refractivity contribution in [3.8, 4) is 0 Å². The smallest absolute Gasteiger partial charge is 0.227 e. The zero-order valence-corrected chi connectivity index (χ0v) is 15.9. The Hall–Kier alpha value is -2.62. The maximum atomic E-state index is 12.4. The lowest BCUT2D eigenvalue weighted by atomic mass is 10.1. The van der Waals surface area contributed by atoms with Crippen LogP contribution in [0.4, 0.5) is 5.69 Å². The minimum Gasteiger partial charge on any atom is -0.356 e. The molecule has 1 N–H and O–H groups in total. The molecule has 4 nitrogen and oxygen atoms in total. The van der Waals surface area contributed by atoms with Gasteiger partial charge in [0, 0.05) is 18.7 Å². The zero-order chi connectivity index (χ0) is 18.9. The second-order valence-corrected chi connectivity index (χ2v) is 6.51. The molecule has 2 aromatic carbocycles. The fraction of sp³-hybridized carbons (Fsp3) is 0.364. The number of carbonyl (C=O) groups is 2. The summed E-state index contributed by atoms with van der Waals surface area (Å²) >= 11 is 0. The Kier molecular flexibility index (Phi) is 7.39. The van der Waals surface area contributed by atoms with E-state index in [0.29, 0.717) is 25.9 Å². The lowest BCUT2D eigenvalue weighted by Gasteiger charge is -2.23. The number of nitrogens with zero attached hydrogens (tertiary/aromatic N) is 1. The van der Waals surface area contributed by atoms with Gasteiger partial charge in [-0.05, 0) is 36.6 Å². The van der Waals surface area contributed by atoms with E-state index >= 15 is 0 Å². The summed E-state index contributed by atoms with van der Waals surface area (Å²) in [4.78, 5) is 26.1. The van der Waals surface area contributed by atoms with Crippen molar-refractivity contribution in [3.05, 3.63) is 65.2 Å². The first-order valence-electron chi connectivity index (χ1n) is 9.25. The van der Waals surface area contributed by atoms with E-state index < -0.39 is 0 Å². The number of amides is 2. The molecular weight excluding hydrogens is 324 g/mol. The molecule has 0 unspecified atom stereocenters. The van der Waals surface area contributed by atoms with E-state index in [0.717, 1.165) is 23.2 Å². The van der Waals surface area contributed by atoms with Gasteiger partial charge < -0.3 is 10.2 Å². The van der Waals surface area contributed by atoms with Gasteiger partial charge in [0.15, 0.2) is 0 Å². The zero-order valence-electron chi connectivity index (χ0n) is 15.9. The van der Waals surface area contributed by atoms with Gasteiger partial charge in [0.05, 0.1) is 13.0 Å². The van der Waals surface area contributed by atoms with E-state index in [1.165, 1.54) is 5.56 Å². The summed E-state index contributed by atoms with van der Waals surface area (Å²) in [6.07, 6.45) is 1.74. The van der Waals surface area contributed by atoms with Crippen LogP contribution in [0.25, 0.3) is 0 Å². The first-order valence-corrected chi connectivity index (χ1v) is 9.25. The van der Waals surface area contributed by atoms with Gasteiger partial charge in [0.2, 0.25) is 11.8 Å². The van der Waals surface area contributed by atoms with E-state index in [-0.39, 0.29) is 11.8 Å². The van der Waals surface area contributed by atoms with Crippen LogP contribution in [-0.4, -0.2) is 18.4 Å². The van der Waals surface area contributed by atoms with E-state index in [4.69, 9.17) is 0 Å². The molecule has 0 saturated carbocycles. The van der Waals surface area contributed by atoms with Crippen molar-refractivity contribution in [3.63, 3.8) is 0 Å². The van der Waals surface area contributed by atoms with E-state index in [2.05, 4.69) is 29.6 Å². The second kappa shape index (κ2) is 9.76. The maximum absolute atomic E-state index is 12.4. The fourth-order valence-electron chi connectivity index (χ4n) is 2.70. The summed E-state index contributed by atoms with van der Waals surface area (Å²) in [6.45, 7) is 7.20. The maximum Gasteiger partial charge on any atom is 0.227 e. The summed E-state index contributed by atoms with van der Waals surface area (Å²) in [7, 11) is 0. The summed E-state index contributed by atoms with van der Waals surface area (Å²) in [5.74, 6) is 0.111. The highest BCUT2D eigenvalue weighted by Gasteiger charge is 2.15. The van der Waals surface area contributed by atoms with Gasteiger partial charge in [-0.1, -0.05) is 55.8 Å². The van der Waals surface area contributed by atoms with Crippen molar-refractivity contribution in [2.75, 3.05) is 11.4 Å². The number of rotatable bonds is 8. The topological polar surface area (TPSA) is 49.4 Å². The first kappa shape index (κ1) is 19.7. The van der Waals surface area contributed by atoms with Crippen LogP contribution in [0.5, 0.6) is 0 Å². The molecular formula is C22H28N2O2. The molecule has 4 heteroatoms. The molecule has 0 aliphatic carbocycles. The second-order valence-electron chi connectivity index (χ2n) is 6.51. The summed E-state index contributed by atoms with van der Waals surface area (Å²) in [6, 6.07) is 15.9. The molecule has 2 aromatic rings. The third-order valence-corrected chi connectivity index (χ3v) is 4.25. The number of nitrogens with one attached hydrogen (secondary N) is 1. The summed E-state index contributed by atoms with van der Waals surface area (Å²) in [5, 5.41) is 2.88. The van der Waals surface area contributed by atoms with Gasteiger partial charge in [-0.15, -0.1) is 0 Å². The number of anilines is 1. The van der Waals surface area contributed by atoms with Crippen molar-refractivity contribution >= 4 is 17.5 Å². The molecule has 26 heavy (non-hydrogen) atoms. The first-order chi connectivity index (χ1) is 12.5. The van der Waals surface area contributed by atoms with E-state index in [1.807, 2.05) is 45.0 Å². The molecule has 0 aromatic heterocycles. The highest BCUT2D eigenvalue weighted by atomic mass is 16.2. The molecule has 0 saturated heterocycles. The Labute approximate surface area is 156 Å². The number of hydrogen-bond acceptors (Lipinski definition) is 2. The van der Waals surface area contributed by atoms with Crippen LogP contribution in [0.3, 0.4) is 0 Å². The third-order valence-electron chi connectivity index (χ3n) is 4.25. The van der Waals surface area contributed by atoms with Gasteiger partial charge in [0.25, 0.3) is 0 Å². The molecule has 0 bridgehead atoms. The van der Waals surface area contributed by atoms with Crippen LogP contribution >= 0.6 is 0 Å². The lowest BCUT2D eigenvalue weighted by Crippen LogP contribution is -2.29. The quantitative estimate of drug-likeness (QED) is 0.780. The van der Waals surface area contributed by atoms with Gasteiger partial charge in [-0.25, -0.2) is 0 Å². The van der Waals surface area contributed by atoms with E-state index in [1.54, 1.807) is 4.90 Å². The largest absolute Gasteiger partial charge is 0.356 e. The van der Waals surface area contributed by atoms with Crippen molar-refractivity contribution in [2.24, 2.45) is 0 Å². The Morgan fingerprint density at radius 1 is 0.923 bits per heavy atom. The molecule has 0 atom stereocenters. The predicted molar refractivity (Wildman–Crippen MR) is 106 cm³/mol. The lowest BCUT2D eigenvalue weighted by molar-refractivity contribution is -0.120. The predicted octanol–water partition coefficient (Wildman–Crippen LogP) is 4.01. The summed E-state index contributed by atoms with van der Waals surface area (Å²) < 4.78 is 0.